The van der Waals surface area contributed by atoms with Crippen LogP contribution in [0.15, 0.2) is 58.7 Å². The maximum Gasteiger partial charge on any atom is 0.335 e. The summed E-state index contributed by atoms with van der Waals surface area (Å²) < 4.78 is 0. The van der Waals surface area contributed by atoms with Gasteiger partial charge in [-0.3, -0.25) is 14.4 Å². The van der Waals surface area contributed by atoms with Crippen LogP contribution < -0.4 is 16.0 Å². The molecule has 0 bridgehead atoms. The molecule has 33 heavy (non-hydrogen) atoms. The van der Waals surface area contributed by atoms with Gasteiger partial charge in [-0.2, -0.15) is 5.10 Å². The van der Waals surface area contributed by atoms with Crippen molar-refractivity contribution in [3.63, 3.8) is 0 Å². The molecule has 1 fully saturated rings. The molecule has 1 aliphatic heterocycles. The Labute approximate surface area is 193 Å². The van der Waals surface area contributed by atoms with Crippen molar-refractivity contribution in [2.45, 2.75) is 25.5 Å². The van der Waals surface area contributed by atoms with Crippen molar-refractivity contribution in [1.82, 2.24) is 5.32 Å². The van der Waals surface area contributed by atoms with E-state index >= 15 is 0 Å². The fourth-order valence-electron chi connectivity index (χ4n) is 2.87. The SMILES string of the molecule is CC(=O)Nc1cccc(/C(C)=N\N=C2/NC(=O)[C@H](CC(=O)Nc3ccc(C(=O)O)cc3)S2)c1. The molecule has 10 nitrogen and oxygen atoms in total. The second-order valence-corrected chi connectivity index (χ2v) is 8.27. The lowest BCUT2D eigenvalue weighted by Gasteiger charge is -2.07. The number of nitrogens with zero attached hydrogens (tertiary/aromatic N) is 2. The average Bonchev–Trinajstić information content (AvgIpc) is 3.11. The van der Waals surface area contributed by atoms with Crippen LogP contribution in [0.3, 0.4) is 0 Å². The first-order valence-electron chi connectivity index (χ1n) is 9.82. The predicted octanol–water partition coefficient (Wildman–Crippen LogP) is 2.68. The minimum atomic E-state index is -1.06. The van der Waals surface area contributed by atoms with Crippen LogP contribution in [-0.4, -0.2) is 44.9 Å². The summed E-state index contributed by atoms with van der Waals surface area (Å²) in [6, 6.07) is 12.8. The van der Waals surface area contributed by atoms with Gasteiger partial charge in [0.2, 0.25) is 17.7 Å². The number of nitrogens with one attached hydrogen (secondary N) is 3. The Morgan fingerprint density at radius 1 is 1.03 bits per heavy atom. The molecule has 2 aromatic rings. The van der Waals surface area contributed by atoms with Gasteiger partial charge in [0.1, 0.15) is 5.25 Å². The summed E-state index contributed by atoms with van der Waals surface area (Å²) in [5.74, 6) is -1.98. The second kappa shape index (κ2) is 10.6. The third-order valence-corrected chi connectivity index (χ3v) is 5.53. The minimum Gasteiger partial charge on any atom is -0.478 e. The molecule has 0 spiro atoms. The summed E-state index contributed by atoms with van der Waals surface area (Å²) in [7, 11) is 0. The highest BCUT2D eigenvalue weighted by Crippen LogP contribution is 2.23. The van der Waals surface area contributed by atoms with Crippen molar-refractivity contribution in [2.75, 3.05) is 10.6 Å². The van der Waals surface area contributed by atoms with Gasteiger partial charge >= 0.3 is 5.97 Å². The Hall–Kier alpha value is -3.99. The zero-order valence-corrected chi connectivity index (χ0v) is 18.6. The number of carbonyl (C=O) groups is 4. The fraction of sp³-hybridized carbons (Fsp3) is 0.182. The van der Waals surface area contributed by atoms with Gasteiger partial charge < -0.3 is 21.1 Å². The van der Waals surface area contributed by atoms with Crippen molar-refractivity contribution in [3.8, 4) is 0 Å². The summed E-state index contributed by atoms with van der Waals surface area (Å²) in [5.41, 5.74) is 2.51. The van der Waals surface area contributed by atoms with Gasteiger partial charge in [-0.25, -0.2) is 4.79 Å². The van der Waals surface area contributed by atoms with Crippen LogP contribution >= 0.6 is 11.8 Å². The predicted molar refractivity (Wildman–Crippen MR) is 127 cm³/mol. The van der Waals surface area contributed by atoms with Gasteiger partial charge in [0.15, 0.2) is 5.17 Å². The van der Waals surface area contributed by atoms with Gasteiger partial charge in [0.25, 0.3) is 0 Å². The van der Waals surface area contributed by atoms with Gasteiger partial charge in [-0.15, -0.1) is 5.10 Å². The van der Waals surface area contributed by atoms with E-state index in [0.717, 1.165) is 17.3 Å². The first-order valence-corrected chi connectivity index (χ1v) is 10.7. The Bertz CT molecular complexity index is 1160. The van der Waals surface area contributed by atoms with Crippen LogP contribution in [0.5, 0.6) is 0 Å². The average molecular weight is 468 g/mol. The van der Waals surface area contributed by atoms with E-state index in [1.807, 2.05) is 6.07 Å². The number of benzene rings is 2. The molecule has 1 atom stereocenters. The largest absolute Gasteiger partial charge is 0.478 e. The number of carbonyl (C=O) groups excluding carboxylic acids is 3. The molecule has 170 valence electrons. The van der Waals surface area contributed by atoms with E-state index in [2.05, 4.69) is 26.2 Å². The lowest BCUT2D eigenvalue weighted by Crippen LogP contribution is -2.28. The van der Waals surface area contributed by atoms with Crippen molar-refractivity contribution < 1.29 is 24.3 Å². The summed E-state index contributed by atoms with van der Waals surface area (Å²) in [4.78, 5) is 46.6. The number of thioether (sulfide) groups is 1. The Morgan fingerprint density at radius 2 is 1.76 bits per heavy atom. The lowest BCUT2D eigenvalue weighted by molar-refractivity contribution is -0.122. The fourth-order valence-corrected chi connectivity index (χ4v) is 3.78. The number of anilines is 2. The van der Waals surface area contributed by atoms with E-state index in [1.54, 1.807) is 25.1 Å². The number of hydrogen-bond acceptors (Lipinski definition) is 7. The van der Waals surface area contributed by atoms with Crippen molar-refractivity contribution in [2.24, 2.45) is 10.2 Å². The highest BCUT2D eigenvalue weighted by atomic mass is 32.2. The van der Waals surface area contributed by atoms with Crippen LogP contribution in [0.25, 0.3) is 0 Å². The molecule has 1 saturated heterocycles. The van der Waals surface area contributed by atoms with Crippen LogP contribution in [0.2, 0.25) is 0 Å². The second-order valence-electron chi connectivity index (χ2n) is 7.08. The topological polar surface area (TPSA) is 149 Å². The van der Waals surface area contributed by atoms with Gasteiger partial charge in [0, 0.05) is 24.7 Å². The van der Waals surface area contributed by atoms with Gasteiger partial charge in [-0.05, 0) is 48.9 Å². The van der Waals surface area contributed by atoms with E-state index in [0.29, 0.717) is 17.1 Å². The maximum atomic E-state index is 12.3. The number of hydrogen-bond donors (Lipinski definition) is 4. The number of amidine groups is 1. The Balaban J connectivity index is 1.59. The smallest absolute Gasteiger partial charge is 0.335 e. The highest BCUT2D eigenvalue weighted by molar-refractivity contribution is 8.15. The Kier molecular flexibility index (Phi) is 7.57. The summed E-state index contributed by atoms with van der Waals surface area (Å²) >= 11 is 1.10. The molecule has 0 radical (unpaired) electrons. The molecular formula is C22H21N5O5S. The molecule has 0 aromatic heterocycles. The van der Waals surface area contributed by atoms with Crippen LogP contribution in [0.4, 0.5) is 11.4 Å². The van der Waals surface area contributed by atoms with Crippen molar-refractivity contribution in [1.29, 1.82) is 0 Å². The lowest BCUT2D eigenvalue weighted by atomic mass is 10.1. The quantitative estimate of drug-likeness (QED) is 0.363. The van der Waals surface area contributed by atoms with E-state index in [9.17, 15) is 19.2 Å². The molecule has 11 heteroatoms. The molecule has 3 amide bonds. The number of rotatable bonds is 7. The molecule has 3 rings (SSSR count). The third kappa shape index (κ3) is 6.74. The standard InChI is InChI=1S/C22H21N5O5S/c1-12(15-4-3-5-17(10-15)23-13(2)28)26-27-22-25-20(30)18(33-22)11-19(29)24-16-8-6-14(7-9-16)21(31)32/h3-10,18H,11H2,1-2H3,(H,23,28)(H,24,29)(H,31,32)(H,25,27,30)/b26-12-/t18-/m0/s1. The van der Waals surface area contributed by atoms with E-state index in [-0.39, 0.29) is 34.9 Å². The normalized spacial score (nSPS) is 16.9. The molecule has 1 aliphatic rings. The van der Waals surface area contributed by atoms with Gasteiger partial charge in [-0.1, -0.05) is 23.9 Å². The number of carboxylic acids is 1. The van der Waals surface area contributed by atoms with Gasteiger partial charge in [0.05, 0.1) is 11.3 Å². The number of carboxylic acid groups (broad SMARTS) is 1. The highest BCUT2D eigenvalue weighted by Gasteiger charge is 2.32. The zero-order chi connectivity index (χ0) is 24.0. The molecule has 4 N–H and O–H groups in total. The number of amides is 3. The maximum absolute atomic E-state index is 12.3. The summed E-state index contributed by atoms with van der Waals surface area (Å²) in [6.45, 7) is 3.17. The first kappa shape index (κ1) is 23.7. The van der Waals surface area contributed by atoms with Crippen molar-refractivity contribution >= 4 is 57.7 Å². The molecule has 0 aliphatic carbocycles. The Morgan fingerprint density at radius 3 is 2.42 bits per heavy atom. The molecule has 0 unspecified atom stereocenters. The van der Waals surface area contributed by atoms with Crippen LogP contribution in [-0.2, 0) is 14.4 Å². The molecule has 2 aromatic carbocycles. The zero-order valence-electron chi connectivity index (χ0n) is 17.8. The summed E-state index contributed by atoms with van der Waals surface area (Å²) in [5, 5.41) is 24.7. The number of aromatic carboxylic acids is 1. The third-order valence-electron chi connectivity index (χ3n) is 4.45. The molecule has 0 saturated carbocycles. The van der Waals surface area contributed by atoms with Crippen LogP contribution in [0.1, 0.15) is 36.2 Å². The molecule has 1 heterocycles. The summed E-state index contributed by atoms with van der Waals surface area (Å²) in [6.07, 6.45) is -0.0857. The minimum absolute atomic E-state index is 0.0857. The van der Waals surface area contributed by atoms with Crippen LogP contribution in [0, 0.1) is 0 Å². The van der Waals surface area contributed by atoms with E-state index in [1.165, 1.54) is 31.2 Å². The van der Waals surface area contributed by atoms with E-state index in [4.69, 9.17) is 5.11 Å². The van der Waals surface area contributed by atoms with Crippen molar-refractivity contribution in [3.05, 3.63) is 59.7 Å². The first-order chi connectivity index (χ1) is 15.7. The van der Waals surface area contributed by atoms with E-state index < -0.39 is 11.2 Å². The molecular weight excluding hydrogens is 446 g/mol. The monoisotopic (exact) mass is 467 g/mol.